The Labute approximate surface area is 202 Å². The molecule has 5 heteroatoms. The second-order valence-corrected chi connectivity index (χ2v) is 8.56. The molecule has 0 aliphatic heterocycles. The minimum atomic E-state index is -0.780. The van der Waals surface area contributed by atoms with Crippen LogP contribution < -0.4 is 14.2 Å². The maximum Gasteiger partial charge on any atom is 0.131 e. The van der Waals surface area contributed by atoms with Crippen molar-refractivity contribution in [2.45, 2.75) is 52.7 Å². The predicted octanol–water partition coefficient (Wildman–Crippen LogP) is 7.34. The molecule has 0 heterocycles. The predicted molar refractivity (Wildman–Crippen MR) is 134 cm³/mol. The van der Waals surface area contributed by atoms with Gasteiger partial charge in [-0.05, 0) is 83.8 Å². The Morgan fingerprint density at radius 3 is 1.94 bits per heavy atom. The van der Waals surface area contributed by atoms with Crippen molar-refractivity contribution < 1.29 is 23.7 Å². The molecule has 0 bridgehead atoms. The van der Waals surface area contributed by atoms with Crippen LogP contribution in [0.3, 0.4) is 0 Å². The number of aliphatic hydroxyl groups excluding tert-OH is 1. The summed E-state index contributed by atoms with van der Waals surface area (Å²) in [6.07, 6.45) is 1.63. The van der Waals surface area contributed by atoms with Crippen LogP contribution in [0.25, 0.3) is 11.1 Å². The van der Waals surface area contributed by atoms with Gasteiger partial charge in [-0.1, -0.05) is 39.0 Å². The van der Waals surface area contributed by atoms with Crippen molar-refractivity contribution in [2.75, 3.05) is 14.2 Å². The lowest BCUT2D eigenvalue weighted by Gasteiger charge is -2.37. The maximum absolute atomic E-state index is 14.9. The SMILES string of the molecule is CCC(CC)(CC)C(O)c1cc(OCc2ccc(OC)cc2)ccc1-c1cc(OC)ccc1F. The second-order valence-electron chi connectivity index (χ2n) is 8.56. The number of rotatable bonds is 11. The van der Waals surface area contributed by atoms with Gasteiger partial charge in [0.1, 0.15) is 29.7 Å². The van der Waals surface area contributed by atoms with Crippen molar-refractivity contribution >= 4 is 0 Å². The highest BCUT2D eigenvalue weighted by molar-refractivity contribution is 5.71. The first-order valence-corrected chi connectivity index (χ1v) is 11.8. The Kier molecular flexibility index (Phi) is 8.56. The van der Waals surface area contributed by atoms with E-state index < -0.39 is 6.10 Å². The molecule has 3 aromatic carbocycles. The summed E-state index contributed by atoms with van der Waals surface area (Å²) in [5, 5.41) is 11.6. The molecule has 1 N–H and O–H groups in total. The molecule has 0 aromatic heterocycles. The van der Waals surface area contributed by atoms with E-state index in [-0.39, 0.29) is 11.2 Å². The first kappa shape index (κ1) is 25.6. The van der Waals surface area contributed by atoms with Gasteiger partial charge in [-0.2, -0.15) is 0 Å². The number of aliphatic hydroxyl groups is 1. The highest BCUT2D eigenvalue weighted by atomic mass is 19.1. The molecule has 0 spiro atoms. The van der Waals surface area contributed by atoms with Crippen LogP contribution in [0.1, 0.15) is 57.3 Å². The Hall–Kier alpha value is -3.05. The molecule has 0 aliphatic carbocycles. The van der Waals surface area contributed by atoms with E-state index in [1.165, 1.54) is 6.07 Å². The van der Waals surface area contributed by atoms with Gasteiger partial charge in [0.2, 0.25) is 0 Å². The molecule has 0 radical (unpaired) electrons. The Morgan fingerprint density at radius 2 is 1.35 bits per heavy atom. The zero-order valence-electron chi connectivity index (χ0n) is 20.7. The van der Waals surface area contributed by atoms with E-state index >= 15 is 0 Å². The lowest BCUT2D eigenvalue weighted by atomic mass is 9.71. The molecule has 0 amide bonds. The third-order valence-electron chi connectivity index (χ3n) is 7.04. The molecular weight excluding hydrogens is 431 g/mol. The number of hydrogen-bond acceptors (Lipinski definition) is 4. The van der Waals surface area contributed by atoms with E-state index in [1.807, 2.05) is 42.5 Å². The maximum atomic E-state index is 14.9. The fraction of sp³-hybridized carbons (Fsp3) is 0.379. The van der Waals surface area contributed by atoms with E-state index in [4.69, 9.17) is 14.2 Å². The second kappa shape index (κ2) is 11.4. The molecule has 34 heavy (non-hydrogen) atoms. The largest absolute Gasteiger partial charge is 0.497 e. The molecule has 3 aromatic rings. The quantitative estimate of drug-likeness (QED) is 0.321. The molecule has 3 rings (SSSR count). The number of benzene rings is 3. The van der Waals surface area contributed by atoms with Gasteiger partial charge in [0, 0.05) is 5.56 Å². The summed E-state index contributed by atoms with van der Waals surface area (Å²) in [5.41, 5.74) is 2.37. The topological polar surface area (TPSA) is 47.9 Å². The number of ether oxygens (including phenoxy) is 3. The lowest BCUT2D eigenvalue weighted by Crippen LogP contribution is -2.27. The molecule has 4 nitrogen and oxygen atoms in total. The van der Waals surface area contributed by atoms with Crippen LogP contribution in [-0.2, 0) is 6.61 Å². The van der Waals surface area contributed by atoms with E-state index in [1.54, 1.807) is 26.4 Å². The first-order chi connectivity index (χ1) is 16.4. The standard InChI is InChI=1S/C29H35FO4/c1-6-29(7-2,8-3)28(31)26-18-23(34-19-20-9-11-21(32-4)12-10-20)13-15-24(26)25-17-22(33-5)14-16-27(25)30/h9-18,28,31H,6-8,19H2,1-5H3. The normalized spacial score (nSPS) is 12.3. The van der Waals surface area contributed by atoms with Crippen molar-refractivity contribution in [2.24, 2.45) is 5.41 Å². The monoisotopic (exact) mass is 466 g/mol. The summed E-state index contributed by atoms with van der Waals surface area (Å²) >= 11 is 0. The number of methoxy groups -OCH3 is 2. The highest BCUT2D eigenvalue weighted by Gasteiger charge is 2.35. The van der Waals surface area contributed by atoms with Crippen LogP contribution in [0.4, 0.5) is 4.39 Å². The average Bonchev–Trinajstić information content (AvgIpc) is 2.89. The Bertz CT molecular complexity index is 1070. The van der Waals surface area contributed by atoms with Crippen LogP contribution in [-0.4, -0.2) is 19.3 Å². The van der Waals surface area contributed by atoms with Gasteiger partial charge in [-0.15, -0.1) is 0 Å². The van der Waals surface area contributed by atoms with Gasteiger partial charge < -0.3 is 19.3 Å². The fourth-order valence-corrected chi connectivity index (χ4v) is 4.49. The van der Waals surface area contributed by atoms with Gasteiger partial charge in [0.05, 0.1) is 20.3 Å². The molecule has 182 valence electrons. The molecular formula is C29H35FO4. The molecule has 0 fully saturated rings. The van der Waals surface area contributed by atoms with Crippen LogP contribution >= 0.6 is 0 Å². The molecule has 0 saturated carbocycles. The highest BCUT2D eigenvalue weighted by Crippen LogP contribution is 2.47. The molecule has 1 unspecified atom stereocenters. The van der Waals surface area contributed by atoms with E-state index in [9.17, 15) is 9.50 Å². The van der Waals surface area contributed by atoms with Crippen molar-refractivity contribution in [3.63, 3.8) is 0 Å². The summed E-state index contributed by atoms with van der Waals surface area (Å²) in [6.45, 7) is 6.64. The van der Waals surface area contributed by atoms with Crippen molar-refractivity contribution in [1.82, 2.24) is 0 Å². The van der Waals surface area contributed by atoms with Crippen molar-refractivity contribution in [3.8, 4) is 28.4 Å². The molecule has 0 aliphatic rings. The van der Waals surface area contributed by atoms with Crippen LogP contribution in [0, 0.1) is 11.2 Å². The Morgan fingerprint density at radius 1 is 0.765 bits per heavy atom. The minimum absolute atomic E-state index is 0.321. The summed E-state index contributed by atoms with van der Waals surface area (Å²) in [5.74, 6) is 1.60. The van der Waals surface area contributed by atoms with Crippen LogP contribution in [0.5, 0.6) is 17.2 Å². The van der Waals surface area contributed by atoms with Crippen LogP contribution in [0.15, 0.2) is 60.7 Å². The zero-order chi connectivity index (χ0) is 24.7. The zero-order valence-corrected chi connectivity index (χ0v) is 20.7. The summed E-state index contributed by atoms with van der Waals surface area (Å²) < 4.78 is 31.5. The lowest BCUT2D eigenvalue weighted by molar-refractivity contribution is 0.0127. The van der Waals surface area contributed by atoms with E-state index in [0.717, 1.165) is 30.6 Å². The van der Waals surface area contributed by atoms with E-state index in [0.29, 0.717) is 34.8 Å². The summed E-state index contributed by atoms with van der Waals surface area (Å²) in [7, 11) is 3.19. The third-order valence-corrected chi connectivity index (χ3v) is 7.04. The van der Waals surface area contributed by atoms with Gasteiger partial charge in [-0.3, -0.25) is 0 Å². The van der Waals surface area contributed by atoms with Crippen LogP contribution in [0.2, 0.25) is 0 Å². The first-order valence-electron chi connectivity index (χ1n) is 11.8. The number of hydrogen-bond donors (Lipinski definition) is 1. The third kappa shape index (κ3) is 5.36. The van der Waals surface area contributed by atoms with Crippen molar-refractivity contribution in [3.05, 3.63) is 77.6 Å². The number of halogens is 1. The van der Waals surface area contributed by atoms with Gasteiger partial charge in [0.15, 0.2) is 0 Å². The summed E-state index contributed by atoms with van der Waals surface area (Å²) in [6, 6.07) is 17.8. The molecule has 0 saturated heterocycles. The smallest absolute Gasteiger partial charge is 0.131 e. The molecule has 1 atom stereocenters. The average molecular weight is 467 g/mol. The van der Waals surface area contributed by atoms with E-state index in [2.05, 4.69) is 20.8 Å². The van der Waals surface area contributed by atoms with Gasteiger partial charge in [-0.25, -0.2) is 4.39 Å². The van der Waals surface area contributed by atoms with Gasteiger partial charge >= 0.3 is 0 Å². The van der Waals surface area contributed by atoms with Gasteiger partial charge in [0.25, 0.3) is 0 Å². The summed E-state index contributed by atoms with van der Waals surface area (Å²) in [4.78, 5) is 0. The van der Waals surface area contributed by atoms with Crippen molar-refractivity contribution in [1.29, 1.82) is 0 Å². The Balaban J connectivity index is 2.03. The minimum Gasteiger partial charge on any atom is -0.497 e. The fourth-order valence-electron chi connectivity index (χ4n) is 4.49.